The highest BCUT2D eigenvalue weighted by Gasteiger charge is 2.01. The van der Waals surface area contributed by atoms with Crippen LogP contribution in [-0.4, -0.2) is 16.1 Å². The maximum Gasteiger partial charge on any atom is 0.0946 e. The van der Waals surface area contributed by atoms with Crippen LogP contribution < -0.4 is 5.32 Å². The second-order valence-corrected chi connectivity index (χ2v) is 5.79. The van der Waals surface area contributed by atoms with E-state index in [1.807, 2.05) is 23.9 Å². The summed E-state index contributed by atoms with van der Waals surface area (Å²) in [6.07, 6.45) is 5.63. The van der Waals surface area contributed by atoms with E-state index in [2.05, 4.69) is 43.8 Å². The molecule has 0 aliphatic carbocycles. The average molecular weight is 300 g/mol. The molecule has 0 saturated carbocycles. The van der Waals surface area contributed by atoms with Crippen LogP contribution in [0.15, 0.2) is 29.3 Å². The fourth-order valence-electron chi connectivity index (χ4n) is 1.44. The van der Waals surface area contributed by atoms with Crippen LogP contribution in [0.4, 0.5) is 0 Å². The molecule has 0 radical (unpaired) electrons. The molecule has 0 fully saturated rings. The van der Waals surface area contributed by atoms with Crippen molar-refractivity contribution in [1.29, 1.82) is 0 Å². The van der Waals surface area contributed by atoms with Crippen LogP contribution in [0.25, 0.3) is 0 Å². The molecule has 86 valence electrons. The fraction of sp³-hybridized carbons (Fsp3) is 0.364. The lowest BCUT2D eigenvalue weighted by molar-refractivity contribution is 0.600. The molecule has 0 aliphatic rings. The molecule has 0 bridgehead atoms. The van der Waals surface area contributed by atoms with Crippen LogP contribution in [0.3, 0.4) is 0 Å². The SMILES string of the molecule is Cc1sc(CNCCn2ccnc2)cc1Br. The summed E-state index contributed by atoms with van der Waals surface area (Å²) in [6, 6.07) is 2.18. The molecule has 16 heavy (non-hydrogen) atoms. The van der Waals surface area contributed by atoms with Crippen molar-refractivity contribution < 1.29 is 0 Å². The number of rotatable bonds is 5. The number of hydrogen-bond acceptors (Lipinski definition) is 3. The summed E-state index contributed by atoms with van der Waals surface area (Å²) < 4.78 is 3.28. The number of aromatic nitrogens is 2. The standard InChI is InChI=1S/C11H14BrN3S/c1-9-11(12)6-10(16-9)7-13-2-4-15-5-3-14-8-15/h3,5-6,8,13H,2,4,7H2,1H3. The normalized spacial score (nSPS) is 10.9. The van der Waals surface area contributed by atoms with Crippen molar-refractivity contribution in [2.45, 2.75) is 20.0 Å². The number of halogens is 1. The molecule has 0 spiro atoms. The van der Waals surface area contributed by atoms with Crippen LogP contribution in [0.1, 0.15) is 9.75 Å². The zero-order valence-electron chi connectivity index (χ0n) is 9.11. The molecule has 5 heteroatoms. The average Bonchev–Trinajstić information content (AvgIpc) is 2.85. The van der Waals surface area contributed by atoms with Gasteiger partial charge in [0, 0.05) is 46.3 Å². The molecule has 1 N–H and O–H groups in total. The van der Waals surface area contributed by atoms with Gasteiger partial charge in [-0.3, -0.25) is 0 Å². The number of nitrogens with one attached hydrogen (secondary N) is 1. The van der Waals surface area contributed by atoms with E-state index in [0.29, 0.717) is 0 Å². The maximum absolute atomic E-state index is 4.01. The van der Waals surface area contributed by atoms with E-state index in [4.69, 9.17) is 0 Å². The third-order valence-electron chi connectivity index (χ3n) is 2.31. The number of imidazole rings is 1. The summed E-state index contributed by atoms with van der Waals surface area (Å²) in [5.74, 6) is 0. The van der Waals surface area contributed by atoms with E-state index in [9.17, 15) is 0 Å². The summed E-state index contributed by atoms with van der Waals surface area (Å²) in [6.45, 7) is 4.99. The zero-order valence-corrected chi connectivity index (χ0v) is 11.5. The Morgan fingerprint density at radius 2 is 2.44 bits per heavy atom. The fourth-order valence-corrected chi connectivity index (χ4v) is 3.02. The Morgan fingerprint density at radius 1 is 1.56 bits per heavy atom. The summed E-state index contributed by atoms with van der Waals surface area (Å²) in [7, 11) is 0. The minimum absolute atomic E-state index is 0.936. The molecular weight excluding hydrogens is 286 g/mol. The molecule has 0 amide bonds. The van der Waals surface area contributed by atoms with Gasteiger partial charge in [0.25, 0.3) is 0 Å². The number of nitrogens with zero attached hydrogens (tertiary/aromatic N) is 2. The molecule has 2 rings (SSSR count). The Balaban J connectivity index is 1.72. The van der Waals surface area contributed by atoms with Crippen molar-refractivity contribution in [2.24, 2.45) is 0 Å². The van der Waals surface area contributed by atoms with Crippen molar-refractivity contribution in [3.05, 3.63) is 39.0 Å². The van der Waals surface area contributed by atoms with Gasteiger partial charge in [-0.1, -0.05) is 0 Å². The molecule has 0 aromatic carbocycles. The number of aryl methyl sites for hydroxylation is 1. The minimum atomic E-state index is 0.936. The topological polar surface area (TPSA) is 29.9 Å². The molecule has 2 aromatic rings. The van der Waals surface area contributed by atoms with Crippen molar-refractivity contribution in [2.75, 3.05) is 6.54 Å². The molecule has 0 saturated heterocycles. The highest BCUT2D eigenvalue weighted by atomic mass is 79.9. The predicted octanol–water partition coefficient (Wildman–Crippen LogP) is 2.81. The second kappa shape index (κ2) is 5.61. The van der Waals surface area contributed by atoms with Gasteiger partial charge in [0.05, 0.1) is 6.33 Å². The van der Waals surface area contributed by atoms with E-state index < -0.39 is 0 Å². The molecule has 0 atom stereocenters. The summed E-state index contributed by atoms with van der Waals surface area (Å²) in [5.41, 5.74) is 0. The zero-order chi connectivity index (χ0) is 11.4. The van der Waals surface area contributed by atoms with Crippen LogP contribution >= 0.6 is 27.3 Å². The van der Waals surface area contributed by atoms with Crippen LogP contribution in [0.5, 0.6) is 0 Å². The number of hydrogen-bond donors (Lipinski definition) is 1. The van der Waals surface area contributed by atoms with E-state index in [0.717, 1.165) is 19.6 Å². The Bertz CT molecular complexity index is 417. The van der Waals surface area contributed by atoms with Crippen molar-refractivity contribution >= 4 is 27.3 Å². The van der Waals surface area contributed by atoms with Crippen molar-refractivity contribution in [1.82, 2.24) is 14.9 Å². The quantitative estimate of drug-likeness (QED) is 0.861. The monoisotopic (exact) mass is 299 g/mol. The minimum Gasteiger partial charge on any atom is -0.336 e. The maximum atomic E-state index is 4.01. The lowest BCUT2D eigenvalue weighted by Crippen LogP contribution is -2.18. The lowest BCUT2D eigenvalue weighted by atomic mass is 10.4. The molecule has 2 aromatic heterocycles. The first kappa shape index (κ1) is 11.8. The summed E-state index contributed by atoms with van der Waals surface area (Å²) >= 11 is 5.36. The van der Waals surface area contributed by atoms with E-state index in [1.165, 1.54) is 14.2 Å². The van der Waals surface area contributed by atoms with Gasteiger partial charge in [-0.2, -0.15) is 0 Å². The summed E-state index contributed by atoms with van der Waals surface area (Å²) in [4.78, 5) is 6.71. The van der Waals surface area contributed by atoms with Gasteiger partial charge in [-0.25, -0.2) is 4.98 Å². The summed E-state index contributed by atoms with van der Waals surface area (Å²) in [5, 5.41) is 3.42. The highest BCUT2D eigenvalue weighted by Crippen LogP contribution is 2.25. The van der Waals surface area contributed by atoms with Gasteiger partial charge in [0.15, 0.2) is 0 Å². The van der Waals surface area contributed by atoms with Gasteiger partial charge in [0.2, 0.25) is 0 Å². The Labute approximate surface area is 108 Å². The molecular formula is C11H14BrN3S. The lowest BCUT2D eigenvalue weighted by Gasteiger charge is -2.03. The van der Waals surface area contributed by atoms with E-state index >= 15 is 0 Å². The van der Waals surface area contributed by atoms with Crippen LogP contribution in [0.2, 0.25) is 0 Å². The van der Waals surface area contributed by atoms with Crippen molar-refractivity contribution in [3.63, 3.8) is 0 Å². The third-order valence-corrected chi connectivity index (χ3v) is 4.45. The van der Waals surface area contributed by atoms with E-state index in [1.54, 1.807) is 6.20 Å². The van der Waals surface area contributed by atoms with Gasteiger partial charge in [-0.15, -0.1) is 11.3 Å². The smallest absolute Gasteiger partial charge is 0.0946 e. The van der Waals surface area contributed by atoms with E-state index in [-0.39, 0.29) is 0 Å². The number of thiophene rings is 1. The van der Waals surface area contributed by atoms with Crippen LogP contribution in [-0.2, 0) is 13.1 Å². The second-order valence-electron chi connectivity index (χ2n) is 3.59. The first-order valence-corrected chi connectivity index (χ1v) is 6.78. The van der Waals surface area contributed by atoms with Gasteiger partial charge in [0.1, 0.15) is 0 Å². The molecule has 0 aliphatic heterocycles. The Morgan fingerprint density at radius 3 is 3.06 bits per heavy atom. The van der Waals surface area contributed by atoms with Gasteiger partial charge in [-0.05, 0) is 28.9 Å². The largest absolute Gasteiger partial charge is 0.336 e. The first-order valence-electron chi connectivity index (χ1n) is 5.17. The van der Waals surface area contributed by atoms with Gasteiger partial charge < -0.3 is 9.88 Å². The predicted molar refractivity (Wildman–Crippen MR) is 70.7 cm³/mol. The molecule has 3 nitrogen and oxygen atoms in total. The van der Waals surface area contributed by atoms with Crippen molar-refractivity contribution in [3.8, 4) is 0 Å². The van der Waals surface area contributed by atoms with Gasteiger partial charge >= 0.3 is 0 Å². The Kier molecular flexibility index (Phi) is 4.15. The van der Waals surface area contributed by atoms with Crippen LogP contribution in [0, 0.1) is 6.92 Å². The molecule has 2 heterocycles. The molecule has 0 unspecified atom stereocenters. The first-order chi connectivity index (χ1) is 7.75. The Hall–Kier alpha value is -0.650. The third kappa shape index (κ3) is 3.17. The highest BCUT2D eigenvalue weighted by molar-refractivity contribution is 9.10.